The largest absolute Gasteiger partial charge is 0.312 e. The van der Waals surface area contributed by atoms with Crippen LogP contribution < -0.4 is 10.9 Å². The molecule has 0 aliphatic carbocycles. The van der Waals surface area contributed by atoms with Crippen molar-refractivity contribution in [1.29, 1.82) is 0 Å². The summed E-state index contributed by atoms with van der Waals surface area (Å²) in [5.74, 6) is -2.47. The summed E-state index contributed by atoms with van der Waals surface area (Å²) in [5.41, 5.74) is 0.654. The SMILES string of the molecule is Cn1c(SCc2ccccc2)nc(=O)c2c1NC(=O)C[C@@H]2c1cccc(F)c1F. The van der Waals surface area contributed by atoms with Gasteiger partial charge in [0.05, 0.1) is 5.56 Å². The summed E-state index contributed by atoms with van der Waals surface area (Å²) in [7, 11) is 1.68. The molecule has 2 aromatic carbocycles. The van der Waals surface area contributed by atoms with E-state index in [0.717, 1.165) is 11.6 Å². The highest BCUT2D eigenvalue weighted by Gasteiger charge is 2.34. The van der Waals surface area contributed by atoms with Crippen molar-refractivity contribution in [3.63, 3.8) is 0 Å². The lowest BCUT2D eigenvalue weighted by Gasteiger charge is -2.27. The molecule has 8 heteroatoms. The maximum absolute atomic E-state index is 14.4. The Labute approximate surface area is 169 Å². The maximum atomic E-state index is 14.4. The smallest absolute Gasteiger partial charge is 0.279 e. The number of carbonyl (C=O) groups excluding carboxylic acids is 1. The Kier molecular flexibility index (Phi) is 5.19. The zero-order valence-electron chi connectivity index (χ0n) is 15.5. The third kappa shape index (κ3) is 3.67. The summed E-state index contributed by atoms with van der Waals surface area (Å²) in [5, 5.41) is 3.12. The number of fused-ring (bicyclic) bond motifs is 1. The van der Waals surface area contributed by atoms with E-state index in [0.29, 0.717) is 10.9 Å². The highest BCUT2D eigenvalue weighted by atomic mass is 32.2. The minimum Gasteiger partial charge on any atom is -0.312 e. The predicted molar refractivity (Wildman–Crippen MR) is 107 cm³/mol. The molecule has 0 radical (unpaired) electrons. The predicted octanol–water partition coefficient (Wildman–Crippen LogP) is 3.82. The molecule has 0 saturated carbocycles. The standard InChI is InChI=1S/C21H17F2N3O2S/c1-26-19-17(20(28)25-21(26)29-11-12-6-3-2-4-7-12)14(10-16(27)24-19)13-8-5-9-15(22)18(13)23/h2-9,14H,10-11H2,1H3,(H,24,27)/t14-/m1/s1. The molecule has 3 aromatic rings. The van der Waals surface area contributed by atoms with Gasteiger partial charge in [-0.05, 0) is 17.2 Å². The van der Waals surface area contributed by atoms with Gasteiger partial charge < -0.3 is 9.88 Å². The van der Waals surface area contributed by atoms with Gasteiger partial charge >= 0.3 is 0 Å². The number of nitrogens with zero attached hydrogens (tertiary/aromatic N) is 2. The molecule has 0 fully saturated rings. The molecule has 0 bridgehead atoms. The Balaban J connectivity index is 1.76. The Morgan fingerprint density at radius 1 is 1.14 bits per heavy atom. The molecule has 1 amide bonds. The van der Waals surface area contributed by atoms with Crippen molar-refractivity contribution in [2.24, 2.45) is 7.05 Å². The van der Waals surface area contributed by atoms with Crippen molar-refractivity contribution in [3.8, 4) is 0 Å². The lowest BCUT2D eigenvalue weighted by atomic mass is 9.86. The Morgan fingerprint density at radius 2 is 1.90 bits per heavy atom. The number of amides is 1. The van der Waals surface area contributed by atoms with Crippen LogP contribution in [0.15, 0.2) is 58.5 Å². The van der Waals surface area contributed by atoms with Crippen LogP contribution >= 0.6 is 11.8 Å². The number of thioether (sulfide) groups is 1. The molecule has 1 aliphatic heterocycles. The lowest BCUT2D eigenvalue weighted by molar-refractivity contribution is -0.116. The van der Waals surface area contributed by atoms with Crippen molar-refractivity contribution < 1.29 is 13.6 Å². The number of hydrogen-bond donors (Lipinski definition) is 1. The van der Waals surface area contributed by atoms with Crippen LogP contribution in [0, 0.1) is 11.6 Å². The van der Waals surface area contributed by atoms with Crippen LogP contribution in [0.5, 0.6) is 0 Å². The summed E-state index contributed by atoms with van der Waals surface area (Å²) in [6, 6.07) is 13.5. The van der Waals surface area contributed by atoms with Gasteiger partial charge in [-0.3, -0.25) is 9.59 Å². The second kappa shape index (κ2) is 7.79. The minimum atomic E-state index is -1.05. The first-order chi connectivity index (χ1) is 14.0. The first kappa shape index (κ1) is 19.3. The summed E-state index contributed by atoms with van der Waals surface area (Å²) in [6.07, 6.45) is -0.152. The van der Waals surface area contributed by atoms with E-state index in [2.05, 4.69) is 10.3 Å². The van der Waals surface area contributed by atoms with Crippen LogP contribution in [0.25, 0.3) is 0 Å². The summed E-state index contributed by atoms with van der Waals surface area (Å²) in [4.78, 5) is 29.3. The zero-order chi connectivity index (χ0) is 20.5. The fraction of sp³-hybridized carbons (Fsp3) is 0.190. The minimum absolute atomic E-state index is 0.0234. The molecule has 1 atom stereocenters. The first-order valence-corrected chi connectivity index (χ1v) is 9.95. The van der Waals surface area contributed by atoms with Crippen LogP contribution in [0.2, 0.25) is 0 Å². The van der Waals surface area contributed by atoms with Crippen molar-refractivity contribution in [3.05, 3.63) is 87.2 Å². The van der Waals surface area contributed by atoms with E-state index in [1.54, 1.807) is 11.6 Å². The number of nitrogens with one attached hydrogen (secondary N) is 1. The first-order valence-electron chi connectivity index (χ1n) is 8.97. The number of halogens is 2. The van der Waals surface area contributed by atoms with Crippen molar-refractivity contribution in [2.45, 2.75) is 23.2 Å². The van der Waals surface area contributed by atoms with Crippen molar-refractivity contribution in [1.82, 2.24) is 9.55 Å². The fourth-order valence-electron chi connectivity index (χ4n) is 3.44. The monoisotopic (exact) mass is 413 g/mol. The lowest BCUT2D eigenvalue weighted by Crippen LogP contribution is -2.34. The fourth-order valence-corrected chi connectivity index (χ4v) is 4.36. The Bertz CT molecular complexity index is 1150. The molecule has 29 heavy (non-hydrogen) atoms. The molecule has 148 valence electrons. The third-order valence-electron chi connectivity index (χ3n) is 4.87. The highest BCUT2D eigenvalue weighted by molar-refractivity contribution is 7.98. The number of carbonyl (C=O) groups is 1. The summed E-state index contributed by atoms with van der Waals surface area (Å²) >= 11 is 1.36. The molecule has 1 N–H and O–H groups in total. The van der Waals surface area contributed by atoms with Crippen LogP contribution in [0.1, 0.15) is 29.0 Å². The number of anilines is 1. The van der Waals surface area contributed by atoms with E-state index >= 15 is 0 Å². The van der Waals surface area contributed by atoms with Crippen LogP contribution in [0.3, 0.4) is 0 Å². The molecule has 4 rings (SSSR count). The number of rotatable bonds is 4. The van der Waals surface area contributed by atoms with Gasteiger partial charge in [-0.15, -0.1) is 0 Å². The molecule has 5 nitrogen and oxygen atoms in total. The quantitative estimate of drug-likeness (QED) is 0.522. The van der Waals surface area contributed by atoms with Gasteiger partial charge in [-0.1, -0.05) is 54.2 Å². The van der Waals surface area contributed by atoms with Gasteiger partial charge in [0.25, 0.3) is 5.56 Å². The van der Waals surface area contributed by atoms with E-state index in [4.69, 9.17) is 0 Å². The van der Waals surface area contributed by atoms with Crippen molar-refractivity contribution >= 4 is 23.5 Å². The van der Waals surface area contributed by atoms with Crippen LogP contribution in [0.4, 0.5) is 14.6 Å². The average molecular weight is 413 g/mol. The average Bonchev–Trinajstić information content (AvgIpc) is 2.71. The molecule has 0 spiro atoms. The van der Waals surface area contributed by atoms with Gasteiger partial charge in [0.2, 0.25) is 5.91 Å². The molecule has 1 aromatic heterocycles. The van der Waals surface area contributed by atoms with Crippen LogP contribution in [-0.2, 0) is 17.6 Å². The zero-order valence-corrected chi connectivity index (χ0v) is 16.3. The van der Waals surface area contributed by atoms with Gasteiger partial charge in [-0.2, -0.15) is 4.98 Å². The third-order valence-corrected chi connectivity index (χ3v) is 5.97. The van der Waals surface area contributed by atoms with Gasteiger partial charge in [0.1, 0.15) is 5.82 Å². The van der Waals surface area contributed by atoms with Gasteiger partial charge in [0, 0.05) is 25.1 Å². The highest BCUT2D eigenvalue weighted by Crippen LogP contribution is 2.37. The number of aromatic nitrogens is 2. The Hall–Kier alpha value is -3.00. The van der Waals surface area contributed by atoms with Crippen molar-refractivity contribution in [2.75, 3.05) is 5.32 Å². The molecule has 1 aliphatic rings. The number of hydrogen-bond acceptors (Lipinski definition) is 4. The molecule has 0 unspecified atom stereocenters. The molecule has 0 saturated heterocycles. The topological polar surface area (TPSA) is 64.0 Å². The molecular weight excluding hydrogens is 396 g/mol. The summed E-state index contributed by atoms with van der Waals surface area (Å²) in [6.45, 7) is 0. The van der Waals surface area contributed by atoms with E-state index in [-0.39, 0.29) is 29.3 Å². The second-order valence-corrected chi connectivity index (χ2v) is 7.69. The van der Waals surface area contributed by atoms with Gasteiger partial charge in [0.15, 0.2) is 16.8 Å². The summed E-state index contributed by atoms with van der Waals surface area (Å²) < 4.78 is 29.7. The van der Waals surface area contributed by atoms with E-state index in [9.17, 15) is 18.4 Å². The Morgan fingerprint density at radius 3 is 2.66 bits per heavy atom. The number of benzene rings is 2. The van der Waals surface area contributed by atoms with Crippen LogP contribution in [-0.4, -0.2) is 15.5 Å². The maximum Gasteiger partial charge on any atom is 0.279 e. The van der Waals surface area contributed by atoms with Gasteiger partial charge in [-0.25, -0.2) is 8.78 Å². The molecular formula is C21H17F2N3O2S. The van der Waals surface area contributed by atoms with E-state index < -0.39 is 23.1 Å². The second-order valence-electron chi connectivity index (χ2n) is 6.74. The van der Waals surface area contributed by atoms with E-state index in [1.165, 1.54) is 23.9 Å². The normalized spacial score (nSPS) is 15.7. The van der Waals surface area contributed by atoms with E-state index in [1.807, 2.05) is 30.3 Å². The molecule has 2 heterocycles.